The number of nitrogens with zero attached hydrogens (tertiary/aromatic N) is 2. The summed E-state index contributed by atoms with van der Waals surface area (Å²) in [4.78, 5) is 7.69. The van der Waals surface area contributed by atoms with Gasteiger partial charge in [0, 0.05) is 18.4 Å². The summed E-state index contributed by atoms with van der Waals surface area (Å²) >= 11 is 3.00. The van der Waals surface area contributed by atoms with Crippen molar-refractivity contribution >= 4 is 39.5 Å². The van der Waals surface area contributed by atoms with Crippen LogP contribution in [-0.4, -0.2) is 27.8 Å². The van der Waals surface area contributed by atoms with Gasteiger partial charge in [0.25, 0.3) is 0 Å². The van der Waals surface area contributed by atoms with Crippen molar-refractivity contribution in [2.45, 2.75) is 5.51 Å². The van der Waals surface area contributed by atoms with E-state index in [9.17, 15) is 13.2 Å². The van der Waals surface area contributed by atoms with Crippen LogP contribution >= 0.6 is 27.7 Å². The average Bonchev–Trinajstić information content (AvgIpc) is 2.09. The molecular weight excluding hydrogens is 309 g/mol. The van der Waals surface area contributed by atoms with Gasteiger partial charge < -0.3 is 11.1 Å². The first-order valence-corrected chi connectivity index (χ1v) is 5.89. The van der Waals surface area contributed by atoms with E-state index >= 15 is 0 Å². The highest BCUT2D eigenvalue weighted by Crippen LogP contribution is 2.29. The zero-order chi connectivity index (χ0) is 12.2. The lowest BCUT2D eigenvalue weighted by Gasteiger charge is -2.07. The first kappa shape index (κ1) is 13.4. The van der Waals surface area contributed by atoms with Crippen molar-refractivity contribution in [2.24, 2.45) is 0 Å². The summed E-state index contributed by atoms with van der Waals surface area (Å²) in [5, 5.41) is 2.65. The van der Waals surface area contributed by atoms with Gasteiger partial charge in [-0.3, -0.25) is 0 Å². The Morgan fingerprint density at radius 1 is 1.44 bits per heavy atom. The molecule has 0 amide bonds. The predicted octanol–water partition coefficient (Wildman–Crippen LogP) is 2.49. The van der Waals surface area contributed by atoms with E-state index in [2.05, 4.69) is 31.2 Å². The predicted molar refractivity (Wildman–Crippen MR) is 61.1 cm³/mol. The number of rotatable bonds is 4. The average molecular weight is 317 g/mol. The van der Waals surface area contributed by atoms with Crippen LogP contribution in [0.2, 0.25) is 0 Å². The Labute approximate surface area is 102 Å². The van der Waals surface area contributed by atoms with E-state index in [4.69, 9.17) is 5.73 Å². The topological polar surface area (TPSA) is 63.8 Å². The summed E-state index contributed by atoms with van der Waals surface area (Å²) in [5.74, 6) is 0.335. The second-order valence-corrected chi connectivity index (χ2v) is 4.63. The number of nitrogens with two attached hydrogens (primary N) is 1. The van der Waals surface area contributed by atoms with Gasteiger partial charge in [-0.15, -0.1) is 0 Å². The molecule has 0 saturated carbocycles. The molecule has 3 N–H and O–H groups in total. The normalized spacial score (nSPS) is 11.5. The largest absolute Gasteiger partial charge is 0.441 e. The van der Waals surface area contributed by atoms with E-state index in [1.807, 2.05) is 0 Å². The van der Waals surface area contributed by atoms with Crippen molar-refractivity contribution in [2.75, 3.05) is 23.3 Å². The third-order valence-electron chi connectivity index (χ3n) is 1.37. The number of alkyl halides is 3. The standard InChI is InChI=1S/C7H8BrF3N4S/c8-4-3-5(12)15-6(14-4)13-1-2-16-7(9,10)11/h3H,1-2H2,(H3,12,13,14,15). The molecule has 0 aromatic carbocycles. The third-order valence-corrected chi connectivity index (χ3v) is 2.51. The van der Waals surface area contributed by atoms with Crippen molar-refractivity contribution in [1.29, 1.82) is 0 Å². The van der Waals surface area contributed by atoms with Crippen LogP contribution in [0.3, 0.4) is 0 Å². The monoisotopic (exact) mass is 316 g/mol. The van der Waals surface area contributed by atoms with E-state index < -0.39 is 5.51 Å². The Morgan fingerprint density at radius 3 is 2.69 bits per heavy atom. The molecule has 0 spiro atoms. The zero-order valence-corrected chi connectivity index (χ0v) is 10.3. The molecule has 0 aliphatic heterocycles. The van der Waals surface area contributed by atoms with Crippen LogP contribution in [-0.2, 0) is 0 Å². The van der Waals surface area contributed by atoms with E-state index in [-0.39, 0.29) is 35.8 Å². The fourth-order valence-corrected chi connectivity index (χ4v) is 1.68. The number of hydrogen-bond donors (Lipinski definition) is 2. The minimum Gasteiger partial charge on any atom is -0.383 e. The van der Waals surface area contributed by atoms with Crippen LogP contribution in [0.25, 0.3) is 0 Å². The molecule has 9 heteroatoms. The lowest BCUT2D eigenvalue weighted by molar-refractivity contribution is -0.0327. The molecule has 0 saturated heterocycles. The van der Waals surface area contributed by atoms with Gasteiger partial charge in [0.15, 0.2) is 0 Å². The van der Waals surface area contributed by atoms with Crippen LogP contribution in [0.15, 0.2) is 10.7 Å². The van der Waals surface area contributed by atoms with Crippen molar-refractivity contribution in [3.05, 3.63) is 10.7 Å². The zero-order valence-electron chi connectivity index (χ0n) is 7.88. The number of hydrogen-bond acceptors (Lipinski definition) is 5. The first-order valence-electron chi connectivity index (χ1n) is 4.11. The van der Waals surface area contributed by atoms with Gasteiger partial charge in [0.2, 0.25) is 5.95 Å². The summed E-state index contributed by atoms with van der Waals surface area (Å²) in [6, 6.07) is 1.50. The van der Waals surface area contributed by atoms with Gasteiger partial charge in [-0.05, 0) is 27.7 Å². The van der Waals surface area contributed by atoms with Gasteiger partial charge in [-0.2, -0.15) is 18.2 Å². The number of halogens is 4. The Hall–Kier alpha value is -0.700. The molecule has 0 aliphatic carbocycles. The molecule has 1 heterocycles. The molecular formula is C7H8BrF3N4S. The van der Waals surface area contributed by atoms with E-state index in [0.717, 1.165) is 0 Å². The van der Waals surface area contributed by atoms with Crippen molar-refractivity contribution < 1.29 is 13.2 Å². The van der Waals surface area contributed by atoms with E-state index in [1.165, 1.54) is 6.07 Å². The SMILES string of the molecule is Nc1cc(Br)nc(NCCSC(F)(F)F)n1. The summed E-state index contributed by atoms with van der Waals surface area (Å²) in [6.07, 6.45) is 0. The maximum Gasteiger partial charge on any atom is 0.441 e. The van der Waals surface area contributed by atoms with Crippen molar-refractivity contribution in [3.8, 4) is 0 Å². The van der Waals surface area contributed by atoms with Gasteiger partial charge in [-0.1, -0.05) is 0 Å². The number of nitrogen functional groups attached to an aromatic ring is 1. The summed E-state index contributed by atoms with van der Waals surface area (Å²) in [6.45, 7) is 0.111. The van der Waals surface area contributed by atoms with Crippen LogP contribution in [0.5, 0.6) is 0 Å². The lowest BCUT2D eigenvalue weighted by Crippen LogP contribution is -2.11. The summed E-state index contributed by atoms with van der Waals surface area (Å²) < 4.78 is 35.8. The first-order chi connectivity index (χ1) is 7.37. The second-order valence-electron chi connectivity index (χ2n) is 2.66. The molecule has 0 unspecified atom stereocenters. The molecule has 0 fully saturated rings. The molecule has 4 nitrogen and oxygen atoms in total. The summed E-state index contributed by atoms with van der Waals surface area (Å²) in [7, 11) is 0. The van der Waals surface area contributed by atoms with Crippen LogP contribution in [0.4, 0.5) is 24.9 Å². The molecule has 16 heavy (non-hydrogen) atoms. The van der Waals surface area contributed by atoms with Crippen molar-refractivity contribution in [1.82, 2.24) is 9.97 Å². The highest BCUT2D eigenvalue weighted by atomic mass is 79.9. The van der Waals surface area contributed by atoms with E-state index in [1.54, 1.807) is 0 Å². The van der Waals surface area contributed by atoms with Gasteiger partial charge in [-0.25, -0.2) is 4.98 Å². The van der Waals surface area contributed by atoms with Crippen LogP contribution < -0.4 is 11.1 Å². The highest BCUT2D eigenvalue weighted by molar-refractivity contribution is 9.10. The number of nitrogens with one attached hydrogen (secondary N) is 1. The summed E-state index contributed by atoms with van der Waals surface area (Å²) in [5.41, 5.74) is 1.22. The van der Waals surface area contributed by atoms with Gasteiger partial charge >= 0.3 is 5.51 Å². The van der Waals surface area contributed by atoms with E-state index in [0.29, 0.717) is 4.60 Å². The minimum absolute atomic E-state index is 0.0998. The molecule has 0 atom stereocenters. The molecule has 0 aliphatic rings. The lowest BCUT2D eigenvalue weighted by atomic mass is 10.6. The molecule has 1 aromatic heterocycles. The Morgan fingerprint density at radius 2 is 2.12 bits per heavy atom. The quantitative estimate of drug-likeness (QED) is 0.660. The fourth-order valence-electron chi connectivity index (χ4n) is 0.844. The molecule has 0 bridgehead atoms. The minimum atomic E-state index is -4.21. The Balaban J connectivity index is 2.37. The number of thioether (sulfide) groups is 1. The Kier molecular flexibility index (Phi) is 4.66. The van der Waals surface area contributed by atoms with Crippen molar-refractivity contribution in [3.63, 3.8) is 0 Å². The fraction of sp³-hybridized carbons (Fsp3) is 0.429. The molecule has 1 aromatic rings. The smallest absolute Gasteiger partial charge is 0.383 e. The maximum atomic E-state index is 11.8. The number of anilines is 2. The van der Waals surface area contributed by atoms with Gasteiger partial charge in [0.05, 0.1) is 0 Å². The molecule has 1 rings (SSSR count). The Bertz CT molecular complexity index is 340. The third kappa shape index (κ3) is 5.40. The second kappa shape index (κ2) is 5.58. The number of aromatic nitrogens is 2. The van der Waals surface area contributed by atoms with Crippen LogP contribution in [0, 0.1) is 0 Å². The molecule has 90 valence electrons. The molecule has 0 radical (unpaired) electrons. The van der Waals surface area contributed by atoms with Crippen LogP contribution in [0.1, 0.15) is 0 Å². The van der Waals surface area contributed by atoms with Gasteiger partial charge in [0.1, 0.15) is 10.4 Å². The maximum absolute atomic E-state index is 11.8. The highest BCUT2D eigenvalue weighted by Gasteiger charge is 2.27.